The number of anilines is 1. The maximum atomic E-state index is 13.6. The molecule has 0 aliphatic carbocycles. The maximum Gasteiger partial charge on any atom is 0.272 e. The largest absolute Gasteiger partial charge is 0.319 e. The van der Waals surface area contributed by atoms with Gasteiger partial charge < -0.3 is 15.5 Å². The van der Waals surface area contributed by atoms with Crippen LogP contribution in [0.4, 0.5) is 5.69 Å². The summed E-state index contributed by atoms with van der Waals surface area (Å²) in [7, 11) is 4.65. The number of nitrogens with two attached hydrogens (primary N) is 1. The molecule has 0 saturated heterocycles. The lowest BCUT2D eigenvalue weighted by Crippen LogP contribution is -2.53. The Morgan fingerprint density at radius 2 is 1.94 bits per heavy atom. The Morgan fingerprint density at radius 3 is 2.57 bits per heavy atom. The van der Waals surface area contributed by atoms with Gasteiger partial charge in [0.1, 0.15) is 0 Å². The van der Waals surface area contributed by atoms with Crippen LogP contribution in [0.3, 0.4) is 0 Å². The molecular formula is C25H28ClN4O3S2. The minimum absolute atomic E-state index is 0.0182. The van der Waals surface area contributed by atoms with Crippen molar-refractivity contribution in [2.45, 2.75) is 37.7 Å². The molecule has 1 aliphatic rings. The monoisotopic (exact) mass is 531 g/mol. The van der Waals surface area contributed by atoms with Crippen LogP contribution in [0.2, 0.25) is 5.02 Å². The van der Waals surface area contributed by atoms with Crippen LogP contribution in [0.25, 0.3) is 0 Å². The molecule has 10 heteroatoms. The summed E-state index contributed by atoms with van der Waals surface area (Å²) in [5, 5.41) is 0.452. The molecule has 0 spiro atoms. The second kappa shape index (κ2) is 11.6. The number of nitrogens with zero attached hydrogens (tertiary/aromatic N) is 3. The molecule has 185 valence electrons. The second-order valence-electron chi connectivity index (χ2n) is 8.98. The molecule has 35 heavy (non-hydrogen) atoms. The average molecular weight is 532 g/mol. The number of benzene rings is 2. The van der Waals surface area contributed by atoms with Crippen molar-refractivity contribution in [2.75, 3.05) is 24.2 Å². The zero-order valence-electron chi connectivity index (χ0n) is 20.0. The van der Waals surface area contributed by atoms with Crippen LogP contribution in [0, 0.1) is 0 Å². The molecule has 2 aromatic rings. The predicted molar refractivity (Wildman–Crippen MR) is 146 cm³/mol. The lowest BCUT2D eigenvalue weighted by atomic mass is 10.0. The quantitative estimate of drug-likeness (QED) is 0.519. The van der Waals surface area contributed by atoms with E-state index in [0.717, 1.165) is 5.56 Å². The fourth-order valence-corrected chi connectivity index (χ4v) is 6.07. The van der Waals surface area contributed by atoms with Crippen LogP contribution in [0.1, 0.15) is 31.9 Å². The molecule has 0 bridgehead atoms. The molecule has 2 amide bonds. The molecule has 3 rings (SSSR count). The minimum atomic E-state index is -1.22. The van der Waals surface area contributed by atoms with Crippen molar-refractivity contribution in [3.05, 3.63) is 64.7 Å². The Morgan fingerprint density at radius 1 is 1.26 bits per heavy atom. The fraction of sp³-hybridized carbons (Fsp3) is 0.360. The third kappa shape index (κ3) is 6.67. The Kier molecular flexibility index (Phi) is 9.04. The third-order valence-electron chi connectivity index (χ3n) is 5.10. The van der Waals surface area contributed by atoms with Crippen LogP contribution in [-0.4, -0.2) is 65.0 Å². The van der Waals surface area contributed by atoms with Crippen molar-refractivity contribution in [2.24, 2.45) is 10.7 Å². The highest BCUT2D eigenvalue weighted by atomic mass is 35.5. The topological polar surface area (TPSA) is 96.1 Å². The molecule has 2 aromatic carbocycles. The van der Waals surface area contributed by atoms with E-state index in [0.29, 0.717) is 27.7 Å². The van der Waals surface area contributed by atoms with Crippen molar-refractivity contribution in [3.63, 3.8) is 0 Å². The van der Waals surface area contributed by atoms with E-state index in [-0.39, 0.29) is 11.3 Å². The van der Waals surface area contributed by atoms with Gasteiger partial charge in [-0.3, -0.25) is 14.4 Å². The first kappa shape index (κ1) is 27.3. The van der Waals surface area contributed by atoms with Gasteiger partial charge >= 0.3 is 0 Å². The molecule has 2 unspecified atom stereocenters. The van der Waals surface area contributed by atoms with E-state index in [2.05, 4.69) is 20.8 Å². The van der Waals surface area contributed by atoms with Gasteiger partial charge in [-0.05, 0) is 18.2 Å². The molecule has 0 saturated carbocycles. The number of fused-ring (bicyclic) bond motifs is 1. The molecule has 1 heterocycles. The number of rotatable bonds is 8. The SMILES string of the molecule is CN(C(=O)C(N)CSSC(C)(C)C)C1N=C(c2ccccc2)c2cc(Cl)ccc2N(C[C]=O)C1=O. The van der Waals surface area contributed by atoms with Crippen molar-refractivity contribution in [1.29, 1.82) is 0 Å². The van der Waals surface area contributed by atoms with E-state index in [9.17, 15) is 14.4 Å². The van der Waals surface area contributed by atoms with E-state index in [1.54, 1.807) is 35.3 Å². The number of aliphatic imine (C=N–C) groups is 1. The fourth-order valence-electron chi connectivity index (χ4n) is 3.48. The van der Waals surface area contributed by atoms with Gasteiger partial charge in [0.15, 0.2) is 0 Å². The van der Waals surface area contributed by atoms with Crippen LogP contribution in [-0.2, 0) is 14.4 Å². The number of likely N-dealkylation sites (N-methyl/N-ethyl adjacent to an activating group) is 1. The lowest BCUT2D eigenvalue weighted by molar-refractivity contribution is -0.138. The van der Waals surface area contributed by atoms with E-state index in [1.807, 2.05) is 30.3 Å². The summed E-state index contributed by atoms with van der Waals surface area (Å²) >= 11 is 6.29. The summed E-state index contributed by atoms with van der Waals surface area (Å²) in [5.74, 6) is -0.564. The Labute approximate surface area is 218 Å². The normalized spacial score (nSPS) is 16.7. The summed E-state index contributed by atoms with van der Waals surface area (Å²) in [6.07, 6.45) is 0.577. The van der Waals surface area contributed by atoms with E-state index < -0.39 is 24.0 Å². The first-order chi connectivity index (χ1) is 16.5. The number of hydrogen-bond acceptors (Lipinski definition) is 7. The molecule has 0 fully saturated rings. The summed E-state index contributed by atoms with van der Waals surface area (Å²) in [5.41, 5.74) is 8.48. The Bertz CT molecular complexity index is 1120. The first-order valence-corrected chi connectivity index (χ1v) is 13.7. The van der Waals surface area contributed by atoms with Crippen LogP contribution >= 0.6 is 33.2 Å². The van der Waals surface area contributed by atoms with Gasteiger partial charge in [-0.25, -0.2) is 4.99 Å². The first-order valence-electron chi connectivity index (χ1n) is 11.0. The van der Waals surface area contributed by atoms with E-state index >= 15 is 0 Å². The minimum Gasteiger partial charge on any atom is -0.319 e. The standard InChI is InChI=1S/C25H28ClN4O3S2/c1-25(2,3)35-34-15-19(27)23(32)29(4)22-24(33)30(12-13-31)20-11-10-17(26)14-18(20)21(28-22)16-8-6-5-7-9-16/h5-11,14,19,22H,12,15,27H2,1-4H3. The smallest absolute Gasteiger partial charge is 0.272 e. The maximum absolute atomic E-state index is 13.6. The van der Waals surface area contributed by atoms with Gasteiger partial charge in [0.25, 0.3) is 5.91 Å². The highest BCUT2D eigenvalue weighted by molar-refractivity contribution is 8.77. The second-order valence-corrected chi connectivity index (χ2v) is 12.6. The van der Waals surface area contributed by atoms with Gasteiger partial charge in [0.05, 0.1) is 24.0 Å². The summed E-state index contributed by atoms with van der Waals surface area (Å²) < 4.78 is 0.0182. The number of hydrogen-bond donors (Lipinski definition) is 1. The molecule has 2 N–H and O–H groups in total. The van der Waals surface area contributed by atoms with E-state index in [4.69, 9.17) is 22.3 Å². The molecular weight excluding hydrogens is 504 g/mol. The number of benzodiazepines with no additional fused rings is 1. The van der Waals surface area contributed by atoms with Crippen molar-refractivity contribution in [1.82, 2.24) is 4.90 Å². The number of carbonyl (C=O) groups excluding carboxylic acids is 3. The number of amides is 2. The summed E-state index contributed by atoms with van der Waals surface area (Å²) in [4.78, 5) is 45.5. The molecule has 0 aromatic heterocycles. The van der Waals surface area contributed by atoms with Gasteiger partial charge in [0.2, 0.25) is 18.4 Å². The van der Waals surface area contributed by atoms with Gasteiger partial charge in [-0.1, -0.05) is 84.3 Å². The molecule has 1 aliphatic heterocycles. The van der Waals surface area contributed by atoms with E-state index in [1.165, 1.54) is 27.6 Å². The zero-order chi connectivity index (χ0) is 25.8. The third-order valence-corrected chi connectivity index (χ3v) is 8.71. The summed E-state index contributed by atoms with van der Waals surface area (Å²) in [6.45, 7) is 5.93. The predicted octanol–water partition coefficient (Wildman–Crippen LogP) is 3.93. The van der Waals surface area contributed by atoms with Gasteiger partial charge in [-0.2, -0.15) is 0 Å². The van der Waals surface area contributed by atoms with Crippen molar-refractivity contribution >= 4 is 62.7 Å². The lowest BCUT2D eigenvalue weighted by Gasteiger charge is -2.29. The highest BCUT2D eigenvalue weighted by Crippen LogP contribution is 2.35. The number of carbonyl (C=O) groups is 2. The van der Waals surface area contributed by atoms with Crippen molar-refractivity contribution in [3.8, 4) is 0 Å². The molecule has 1 radical (unpaired) electrons. The Hall–Kier alpha value is -2.33. The molecule has 7 nitrogen and oxygen atoms in total. The average Bonchev–Trinajstić information content (AvgIpc) is 2.92. The van der Waals surface area contributed by atoms with Gasteiger partial charge in [0, 0.05) is 33.7 Å². The van der Waals surface area contributed by atoms with Crippen molar-refractivity contribution < 1.29 is 14.4 Å². The van der Waals surface area contributed by atoms with Crippen LogP contribution < -0.4 is 10.6 Å². The van der Waals surface area contributed by atoms with Gasteiger partial charge in [-0.15, -0.1) is 0 Å². The van der Waals surface area contributed by atoms with Crippen LogP contribution in [0.5, 0.6) is 0 Å². The summed E-state index contributed by atoms with van der Waals surface area (Å²) in [6, 6.07) is 13.5. The highest BCUT2D eigenvalue weighted by Gasteiger charge is 2.37. The van der Waals surface area contributed by atoms with Crippen LogP contribution in [0.15, 0.2) is 53.5 Å². The molecule has 2 atom stereocenters. The number of halogens is 1. The Balaban J connectivity index is 2.03. The zero-order valence-corrected chi connectivity index (χ0v) is 22.4.